The van der Waals surface area contributed by atoms with Crippen LogP contribution in [0.3, 0.4) is 0 Å². The Labute approximate surface area is 150 Å². The van der Waals surface area contributed by atoms with E-state index in [2.05, 4.69) is 51.1 Å². The largest absolute Gasteiger partial charge is 0.381 e. The van der Waals surface area contributed by atoms with Gasteiger partial charge in [-0.3, -0.25) is 0 Å². The fourth-order valence-electron chi connectivity index (χ4n) is 3.76. The topological polar surface area (TPSA) is 54.7 Å². The predicted octanol–water partition coefficient (Wildman–Crippen LogP) is 2.86. The van der Waals surface area contributed by atoms with Crippen LogP contribution in [-0.4, -0.2) is 59.4 Å². The Morgan fingerprint density at radius 2 is 2.08 bits per heavy atom. The summed E-state index contributed by atoms with van der Waals surface area (Å²) in [6, 6.07) is 2.49. The van der Waals surface area contributed by atoms with Gasteiger partial charge < -0.3 is 15.0 Å². The lowest BCUT2D eigenvalue weighted by Gasteiger charge is -2.22. The number of anilines is 1. The molecule has 1 aliphatic rings. The van der Waals surface area contributed by atoms with Gasteiger partial charge in [-0.15, -0.1) is 0 Å². The van der Waals surface area contributed by atoms with Crippen LogP contribution in [-0.2, 0) is 11.2 Å². The van der Waals surface area contributed by atoms with E-state index in [-0.39, 0.29) is 0 Å². The van der Waals surface area contributed by atoms with E-state index in [0.717, 1.165) is 61.9 Å². The van der Waals surface area contributed by atoms with Gasteiger partial charge in [0.05, 0.1) is 5.69 Å². The lowest BCUT2D eigenvalue weighted by Crippen LogP contribution is -2.31. The van der Waals surface area contributed by atoms with Crippen LogP contribution in [0, 0.1) is 6.92 Å². The van der Waals surface area contributed by atoms with Crippen LogP contribution in [0.4, 0.5) is 5.82 Å². The van der Waals surface area contributed by atoms with Crippen molar-refractivity contribution in [2.24, 2.45) is 0 Å². The quantitative estimate of drug-likeness (QED) is 0.872. The standard InChI is InChI=1S/C19H31N5O/c1-6-16-14(3)21-18-11-17(15-7-9-25-10-8-15)22-24(18)19(16)20-13(2)12-23(4)5/h11,13,15,20H,6-10,12H2,1-5H3/t13-/m0/s1. The summed E-state index contributed by atoms with van der Waals surface area (Å²) in [6.45, 7) is 9.12. The number of ether oxygens (including phenoxy) is 1. The zero-order valence-electron chi connectivity index (χ0n) is 16.2. The molecule has 0 amide bonds. The number of hydrogen-bond acceptors (Lipinski definition) is 5. The number of rotatable bonds is 6. The Bertz CT molecular complexity index is 718. The molecule has 0 bridgehead atoms. The summed E-state index contributed by atoms with van der Waals surface area (Å²) in [5.41, 5.74) is 4.43. The van der Waals surface area contributed by atoms with Crippen LogP contribution in [0.1, 0.15) is 49.6 Å². The Balaban J connectivity index is 2.00. The van der Waals surface area contributed by atoms with Crippen molar-refractivity contribution in [3.8, 4) is 0 Å². The number of nitrogens with one attached hydrogen (secondary N) is 1. The molecule has 6 nitrogen and oxygen atoms in total. The van der Waals surface area contributed by atoms with Gasteiger partial charge in [0.25, 0.3) is 0 Å². The number of aryl methyl sites for hydroxylation is 1. The summed E-state index contributed by atoms with van der Waals surface area (Å²) in [6.07, 6.45) is 3.03. The van der Waals surface area contributed by atoms with Gasteiger partial charge in [0.1, 0.15) is 5.82 Å². The molecule has 0 radical (unpaired) electrons. The molecule has 1 N–H and O–H groups in total. The molecule has 1 atom stereocenters. The first kappa shape index (κ1) is 18.1. The van der Waals surface area contributed by atoms with E-state index in [1.54, 1.807) is 0 Å². The van der Waals surface area contributed by atoms with Crippen LogP contribution < -0.4 is 5.32 Å². The summed E-state index contributed by atoms with van der Waals surface area (Å²) in [7, 11) is 4.20. The molecule has 1 fully saturated rings. The SMILES string of the molecule is CCc1c(C)nc2cc(C3CCOCC3)nn2c1N[C@@H](C)CN(C)C. The van der Waals surface area contributed by atoms with E-state index in [1.807, 2.05) is 4.52 Å². The zero-order valence-corrected chi connectivity index (χ0v) is 16.2. The second-order valence-corrected chi connectivity index (χ2v) is 7.41. The Hall–Kier alpha value is -1.66. The molecule has 1 saturated heterocycles. The van der Waals surface area contributed by atoms with Crippen LogP contribution in [0.15, 0.2) is 6.07 Å². The van der Waals surface area contributed by atoms with Crippen molar-refractivity contribution in [1.29, 1.82) is 0 Å². The average Bonchev–Trinajstić information content (AvgIpc) is 2.99. The normalized spacial score (nSPS) is 17.4. The van der Waals surface area contributed by atoms with Crippen LogP contribution in [0.5, 0.6) is 0 Å². The molecule has 2 aromatic rings. The first-order chi connectivity index (χ1) is 12.0. The van der Waals surface area contributed by atoms with E-state index >= 15 is 0 Å². The molecule has 3 rings (SSSR count). The number of fused-ring (bicyclic) bond motifs is 1. The molecule has 6 heteroatoms. The summed E-state index contributed by atoms with van der Waals surface area (Å²) in [4.78, 5) is 7.01. The fourth-order valence-corrected chi connectivity index (χ4v) is 3.76. The van der Waals surface area contributed by atoms with Gasteiger partial charge in [0.2, 0.25) is 0 Å². The molecular weight excluding hydrogens is 314 g/mol. The maximum absolute atomic E-state index is 5.50. The first-order valence-corrected chi connectivity index (χ1v) is 9.37. The van der Waals surface area contributed by atoms with Crippen LogP contribution in [0.25, 0.3) is 5.65 Å². The van der Waals surface area contributed by atoms with E-state index < -0.39 is 0 Å². The van der Waals surface area contributed by atoms with Gasteiger partial charge in [-0.2, -0.15) is 9.61 Å². The molecule has 3 heterocycles. The second-order valence-electron chi connectivity index (χ2n) is 7.41. The molecule has 0 unspecified atom stereocenters. The maximum Gasteiger partial charge on any atom is 0.157 e. The second kappa shape index (κ2) is 7.70. The van der Waals surface area contributed by atoms with Gasteiger partial charge in [0.15, 0.2) is 5.65 Å². The highest BCUT2D eigenvalue weighted by Gasteiger charge is 2.22. The molecule has 1 aliphatic heterocycles. The first-order valence-electron chi connectivity index (χ1n) is 9.37. The molecular formula is C19H31N5O. The maximum atomic E-state index is 5.50. The lowest BCUT2D eigenvalue weighted by molar-refractivity contribution is 0.0844. The van der Waals surface area contributed by atoms with Crippen molar-refractivity contribution in [1.82, 2.24) is 19.5 Å². The minimum absolute atomic E-state index is 0.334. The highest BCUT2D eigenvalue weighted by molar-refractivity contribution is 5.56. The van der Waals surface area contributed by atoms with Crippen LogP contribution >= 0.6 is 0 Å². The Morgan fingerprint density at radius 1 is 1.36 bits per heavy atom. The number of nitrogens with zero attached hydrogens (tertiary/aromatic N) is 4. The van der Waals surface area contributed by atoms with Crippen molar-refractivity contribution in [2.45, 2.75) is 52.0 Å². The van der Waals surface area contributed by atoms with E-state index in [0.29, 0.717) is 12.0 Å². The fraction of sp³-hybridized carbons (Fsp3) is 0.684. The molecule has 0 saturated carbocycles. The van der Waals surface area contributed by atoms with Gasteiger partial charge in [0, 0.05) is 49.0 Å². The molecule has 0 aliphatic carbocycles. The number of hydrogen-bond donors (Lipinski definition) is 1. The Morgan fingerprint density at radius 3 is 2.72 bits per heavy atom. The van der Waals surface area contributed by atoms with Gasteiger partial charge in [-0.05, 0) is 47.2 Å². The summed E-state index contributed by atoms with van der Waals surface area (Å²) in [5.74, 6) is 1.57. The van der Waals surface area contributed by atoms with Crippen molar-refractivity contribution < 1.29 is 4.74 Å². The van der Waals surface area contributed by atoms with Gasteiger partial charge >= 0.3 is 0 Å². The number of aromatic nitrogens is 3. The lowest BCUT2D eigenvalue weighted by atomic mass is 9.97. The zero-order chi connectivity index (χ0) is 18.0. The van der Waals surface area contributed by atoms with E-state index in [4.69, 9.17) is 14.8 Å². The van der Waals surface area contributed by atoms with Crippen molar-refractivity contribution in [3.05, 3.63) is 23.0 Å². The molecule has 0 spiro atoms. The van der Waals surface area contributed by atoms with Crippen molar-refractivity contribution in [3.63, 3.8) is 0 Å². The van der Waals surface area contributed by atoms with E-state index in [1.165, 1.54) is 5.56 Å². The third-order valence-corrected chi connectivity index (χ3v) is 4.94. The highest BCUT2D eigenvalue weighted by Crippen LogP contribution is 2.29. The molecule has 0 aromatic carbocycles. The Kier molecular flexibility index (Phi) is 5.59. The third-order valence-electron chi connectivity index (χ3n) is 4.94. The summed E-state index contributed by atoms with van der Waals surface area (Å²) in [5, 5.41) is 8.63. The minimum Gasteiger partial charge on any atom is -0.381 e. The summed E-state index contributed by atoms with van der Waals surface area (Å²) >= 11 is 0. The average molecular weight is 345 g/mol. The molecule has 138 valence electrons. The monoisotopic (exact) mass is 345 g/mol. The molecule has 2 aromatic heterocycles. The third kappa shape index (κ3) is 3.96. The van der Waals surface area contributed by atoms with Crippen molar-refractivity contribution >= 4 is 11.5 Å². The smallest absolute Gasteiger partial charge is 0.157 e. The number of likely N-dealkylation sites (N-methyl/N-ethyl adjacent to an activating group) is 1. The van der Waals surface area contributed by atoms with Crippen LogP contribution in [0.2, 0.25) is 0 Å². The summed E-state index contributed by atoms with van der Waals surface area (Å²) < 4.78 is 7.51. The highest BCUT2D eigenvalue weighted by atomic mass is 16.5. The molecule has 25 heavy (non-hydrogen) atoms. The predicted molar refractivity (Wildman–Crippen MR) is 102 cm³/mol. The van der Waals surface area contributed by atoms with Crippen molar-refractivity contribution in [2.75, 3.05) is 39.2 Å². The van der Waals surface area contributed by atoms with Gasteiger partial charge in [-0.1, -0.05) is 6.92 Å². The minimum atomic E-state index is 0.334. The van der Waals surface area contributed by atoms with E-state index in [9.17, 15) is 0 Å². The van der Waals surface area contributed by atoms with Gasteiger partial charge in [-0.25, -0.2) is 4.98 Å².